The Morgan fingerprint density at radius 1 is 0.853 bits per heavy atom. The number of nitriles is 1. The van der Waals surface area contributed by atoms with E-state index in [0.29, 0.717) is 11.3 Å². The monoisotopic (exact) mass is 459 g/mol. The van der Waals surface area contributed by atoms with Gasteiger partial charge < -0.3 is 4.74 Å². The lowest BCUT2D eigenvalue weighted by Gasteiger charge is -2.35. The van der Waals surface area contributed by atoms with Crippen molar-refractivity contribution in [1.82, 2.24) is 0 Å². The maximum absolute atomic E-state index is 13.7. The minimum atomic E-state index is -0.620. The summed E-state index contributed by atoms with van der Waals surface area (Å²) in [6, 6.07) is 16.6. The molecule has 1 saturated carbocycles. The topological polar surface area (TPSA) is 50.1 Å². The molecule has 0 saturated heterocycles. The zero-order valence-corrected chi connectivity index (χ0v) is 21.2. The Morgan fingerprint density at radius 3 is 2.15 bits per heavy atom. The van der Waals surface area contributed by atoms with Gasteiger partial charge in [-0.15, -0.1) is 0 Å². The average Bonchev–Trinajstić information content (AvgIpc) is 2.88. The molecule has 3 heteroatoms. The first-order chi connectivity index (χ1) is 16.6. The number of carbonyl (C=O) groups is 1. The first-order valence-corrected chi connectivity index (χ1v) is 13.5. The summed E-state index contributed by atoms with van der Waals surface area (Å²) in [6.45, 7) is 4.42. The molecule has 0 heterocycles. The van der Waals surface area contributed by atoms with Crippen molar-refractivity contribution in [1.29, 1.82) is 5.26 Å². The van der Waals surface area contributed by atoms with Crippen LogP contribution in [-0.4, -0.2) is 5.97 Å². The number of ether oxygens (including phenoxy) is 1. The van der Waals surface area contributed by atoms with Crippen LogP contribution >= 0.6 is 0 Å². The molecule has 1 fully saturated rings. The summed E-state index contributed by atoms with van der Waals surface area (Å²) < 4.78 is 5.97. The van der Waals surface area contributed by atoms with Gasteiger partial charge in [0.2, 0.25) is 0 Å². The van der Waals surface area contributed by atoms with Gasteiger partial charge in [-0.2, -0.15) is 5.26 Å². The molecule has 0 spiro atoms. The van der Waals surface area contributed by atoms with Crippen molar-refractivity contribution in [2.45, 2.75) is 109 Å². The van der Waals surface area contributed by atoms with Crippen molar-refractivity contribution in [2.24, 2.45) is 0 Å². The van der Waals surface area contributed by atoms with Gasteiger partial charge in [0.1, 0.15) is 11.8 Å². The lowest BCUT2D eigenvalue weighted by molar-refractivity contribution is -0.142. The smallest absolute Gasteiger partial charge is 0.321 e. The number of nitrogens with zero attached hydrogens (tertiary/aromatic N) is 1. The van der Waals surface area contributed by atoms with Crippen LogP contribution < -0.4 is 4.74 Å². The first-order valence-electron chi connectivity index (χ1n) is 13.5. The number of carbonyl (C=O) groups excluding carboxylic acids is 1. The van der Waals surface area contributed by atoms with Crippen LogP contribution in [0.25, 0.3) is 0 Å². The van der Waals surface area contributed by atoms with E-state index in [1.54, 1.807) is 0 Å². The molecule has 3 nitrogen and oxygen atoms in total. The molecule has 0 atom stereocenters. The van der Waals surface area contributed by atoms with Crippen molar-refractivity contribution < 1.29 is 9.53 Å². The molecular formula is C31H41NO2. The minimum Gasteiger partial charge on any atom is -0.424 e. The van der Waals surface area contributed by atoms with Crippen LogP contribution in [0.15, 0.2) is 42.5 Å². The Kier molecular flexibility index (Phi) is 10.2. The zero-order chi connectivity index (χ0) is 24.2. The summed E-state index contributed by atoms with van der Waals surface area (Å²) in [4.78, 5) is 13.7. The zero-order valence-electron chi connectivity index (χ0n) is 21.2. The molecule has 1 aliphatic carbocycles. The van der Waals surface area contributed by atoms with E-state index in [1.807, 2.05) is 18.2 Å². The molecule has 0 unspecified atom stereocenters. The summed E-state index contributed by atoms with van der Waals surface area (Å²) in [7, 11) is 0. The average molecular weight is 460 g/mol. The van der Waals surface area contributed by atoms with Gasteiger partial charge in [0.05, 0.1) is 11.0 Å². The van der Waals surface area contributed by atoms with E-state index in [1.165, 1.54) is 44.1 Å². The van der Waals surface area contributed by atoms with Crippen LogP contribution in [0.1, 0.15) is 113 Å². The van der Waals surface area contributed by atoms with Crippen molar-refractivity contribution >= 4 is 5.97 Å². The molecule has 2 aromatic rings. The van der Waals surface area contributed by atoms with E-state index in [-0.39, 0.29) is 5.97 Å². The van der Waals surface area contributed by atoms with Gasteiger partial charge in [0.15, 0.2) is 0 Å². The van der Waals surface area contributed by atoms with Gasteiger partial charge in [-0.25, -0.2) is 0 Å². The van der Waals surface area contributed by atoms with E-state index in [4.69, 9.17) is 4.74 Å². The molecule has 182 valence electrons. The predicted molar refractivity (Wildman–Crippen MR) is 139 cm³/mol. The molecule has 34 heavy (non-hydrogen) atoms. The first kappa shape index (κ1) is 26.0. The predicted octanol–water partition coefficient (Wildman–Crippen LogP) is 8.22. The van der Waals surface area contributed by atoms with Crippen LogP contribution in [0.5, 0.6) is 5.75 Å². The Labute approximate surface area is 206 Å². The van der Waals surface area contributed by atoms with E-state index >= 15 is 0 Å². The molecule has 0 radical (unpaired) electrons. The second kappa shape index (κ2) is 13.3. The summed E-state index contributed by atoms with van der Waals surface area (Å²) >= 11 is 0. The Balaban J connectivity index is 1.76. The number of hydrogen-bond acceptors (Lipinski definition) is 3. The van der Waals surface area contributed by atoms with Gasteiger partial charge in [-0.1, -0.05) is 95.5 Å². The van der Waals surface area contributed by atoms with Crippen LogP contribution in [0.2, 0.25) is 0 Å². The second-order valence-corrected chi connectivity index (χ2v) is 9.94. The third-order valence-corrected chi connectivity index (χ3v) is 7.36. The van der Waals surface area contributed by atoms with Gasteiger partial charge in [-0.3, -0.25) is 4.79 Å². The summed E-state index contributed by atoms with van der Waals surface area (Å²) in [5.74, 6) is 0.183. The molecule has 0 amide bonds. The maximum atomic E-state index is 13.7. The van der Waals surface area contributed by atoms with Gasteiger partial charge in [0.25, 0.3) is 0 Å². The van der Waals surface area contributed by atoms with Crippen molar-refractivity contribution in [3.8, 4) is 11.8 Å². The van der Waals surface area contributed by atoms with E-state index in [0.717, 1.165) is 62.5 Å². The van der Waals surface area contributed by atoms with E-state index in [9.17, 15) is 10.1 Å². The summed E-state index contributed by atoms with van der Waals surface area (Å²) in [5, 5.41) is 9.71. The fourth-order valence-electron chi connectivity index (χ4n) is 5.20. The highest BCUT2D eigenvalue weighted by Gasteiger charge is 2.43. The molecule has 0 bridgehead atoms. The fourth-order valence-corrected chi connectivity index (χ4v) is 5.20. The Hall–Kier alpha value is -2.60. The minimum absolute atomic E-state index is 0.210. The Morgan fingerprint density at radius 2 is 1.47 bits per heavy atom. The van der Waals surface area contributed by atoms with Crippen LogP contribution in [0, 0.1) is 11.3 Å². The third-order valence-electron chi connectivity index (χ3n) is 7.36. The highest BCUT2D eigenvalue weighted by atomic mass is 16.5. The fraction of sp³-hybridized carbons (Fsp3) is 0.548. The number of esters is 1. The molecule has 1 aliphatic rings. The van der Waals surface area contributed by atoms with Crippen molar-refractivity contribution in [3.05, 3.63) is 64.7 Å². The molecular weight excluding hydrogens is 418 g/mol. The van der Waals surface area contributed by atoms with Crippen LogP contribution in [0.3, 0.4) is 0 Å². The van der Waals surface area contributed by atoms with Gasteiger partial charge in [-0.05, 0) is 67.3 Å². The largest absolute Gasteiger partial charge is 0.424 e. The Bertz CT molecular complexity index is 948. The standard InChI is InChI=1S/C31H41NO2/c1-3-5-7-10-13-25-15-18-28(19-16-25)31(21-11-8-12-22-31)30(33)34-29-20-17-26(14-9-6-4-2)23-27(29)24-32/h15-20,23H,3-14,21-22H2,1-2H3. The quantitative estimate of drug-likeness (QED) is 0.182. The third kappa shape index (κ3) is 6.72. The van der Waals surface area contributed by atoms with Gasteiger partial charge in [0, 0.05) is 0 Å². The molecule has 0 aliphatic heterocycles. The number of benzene rings is 2. The van der Waals surface area contributed by atoms with E-state index < -0.39 is 5.41 Å². The normalized spacial score (nSPS) is 15.0. The number of hydrogen-bond donors (Lipinski definition) is 0. The number of unbranched alkanes of at least 4 members (excludes halogenated alkanes) is 5. The summed E-state index contributed by atoms with van der Waals surface area (Å²) in [5.41, 5.74) is 3.36. The van der Waals surface area contributed by atoms with Crippen LogP contribution in [-0.2, 0) is 23.1 Å². The maximum Gasteiger partial charge on any atom is 0.321 e. The van der Waals surface area contributed by atoms with E-state index in [2.05, 4.69) is 44.2 Å². The molecule has 0 N–H and O–H groups in total. The number of aryl methyl sites for hydroxylation is 2. The van der Waals surface area contributed by atoms with Crippen molar-refractivity contribution in [3.63, 3.8) is 0 Å². The lowest BCUT2D eigenvalue weighted by Crippen LogP contribution is -2.41. The molecule has 2 aromatic carbocycles. The summed E-state index contributed by atoms with van der Waals surface area (Å²) in [6.07, 6.45) is 15.3. The molecule has 3 rings (SSSR count). The van der Waals surface area contributed by atoms with Crippen LogP contribution in [0.4, 0.5) is 0 Å². The molecule has 0 aromatic heterocycles. The highest BCUT2D eigenvalue weighted by Crippen LogP contribution is 2.41. The van der Waals surface area contributed by atoms with Gasteiger partial charge >= 0.3 is 5.97 Å². The second-order valence-electron chi connectivity index (χ2n) is 9.94. The van der Waals surface area contributed by atoms with Crippen molar-refractivity contribution in [2.75, 3.05) is 0 Å². The number of rotatable bonds is 12. The lowest BCUT2D eigenvalue weighted by atomic mass is 9.69. The SMILES string of the molecule is CCCCCCc1ccc(C2(C(=O)Oc3ccc(CCCCC)cc3C#N)CCCCC2)cc1. The highest BCUT2D eigenvalue weighted by molar-refractivity contribution is 5.85.